The molecule has 0 aromatic carbocycles. The van der Waals surface area contributed by atoms with E-state index in [9.17, 15) is 9.59 Å². The van der Waals surface area contributed by atoms with Gasteiger partial charge in [-0.3, -0.25) is 14.5 Å². The van der Waals surface area contributed by atoms with Crippen LogP contribution in [0.5, 0.6) is 0 Å². The lowest BCUT2D eigenvalue weighted by atomic mass is 9.92. The average molecular weight is 259 g/mol. The SMILES string of the molecule is COC(=O)CC1CN(CC(C)(C)C(=O)O)CCO1. The van der Waals surface area contributed by atoms with Crippen LogP contribution in [-0.2, 0) is 19.1 Å². The van der Waals surface area contributed by atoms with Gasteiger partial charge in [0.25, 0.3) is 0 Å². The first-order chi connectivity index (χ1) is 8.35. The van der Waals surface area contributed by atoms with Crippen molar-refractivity contribution in [2.24, 2.45) is 5.41 Å². The highest BCUT2D eigenvalue weighted by molar-refractivity contribution is 5.73. The molecule has 1 aliphatic rings. The fourth-order valence-electron chi connectivity index (χ4n) is 1.94. The molecule has 0 radical (unpaired) electrons. The van der Waals surface area contributed by atoms with Gasteiger partial charge in [0.15, 0.2) is 0 Å². The molecule has 1 heterocycles. The number of morpholine rings is 1. The number of aliphatic carboxylic acids is 1. The normalized spacial score (nSPS) is 21.6. The molecule has 6 heteroatoms. The molecule has 0 spiro atoms. The van der Waals surface area contributed by atoms with E-state index in [1.54, 1.807) is 13.8 Å². The van der Waals surface area contributed by atoms with Crippen molar-refractivity contribution < 1.29 is 24.2 Å². The monoisotopic (exact) mass is 259 g/mol. The molecule has 18 heavy (non-hydrogen) atoms. The Morgan fingerprint density at radius 3 is 2.72 bits per heavy atom. The molecular weight excluding hydrogens is 238 g/mol. The summed E-state index contributed by atoms with van der Waals surface area (Å²) in [6.07, 6.45) is -0.00340. The Labute approximate surface area is 107 Å². The zero-order valence-electron chi connectivity index (χ0n) is 11.1. The summed E-state index contributed by atoms with van der Waals surface area (Å²) >= 11 is 0. The predicted molar refractivity (Wildman–Crippen MR) is 64.2 cm³/mol. The predicted octanol–water partition coefficient (Wildman–Crippen LogP) is 0.361. The van der Waals surface area contributed by atoms with E-state index in [0.717, 1.165) is 0 Å². The van der Waals surface area contributed by atoms with E-state index in [0.29, 0.717) is 26.2 Å². The van der Waals surface area contributed by atoms with Gasteiger partial charge >= 0.3 is 11.9 Å². The van der Waals surface area contributed by atoms with E-state index in [2.05, 4.69) is 4.74 Å². The number of nitrogens with zero attached hydrogens (tertiary/aromatic N) is 1. The molecule has 1 fully saturated rings. The third kappa shape index (κ3) is 4.27. The summed E-state index contributed by atoms with van der Waals surface area (Å²) in [5, 5.41) is 9.09. The Morgan fingerprint density at radius 2 is 2.17 bits per heavy atom. The van der Waals surface area contributed by atoms with Crippen LogP contribution in [0.15, 0.2) is 0 Å². The van der Waals surface area contributed by atoms with Gasteiger partial charge in [-0.05, 0) is 13.8 Å². The topological polar surface area (TPSA) is 76.1 Å². The highest BCUT2D eigenvalue weighted by atomic mass is 16.5. The summed E-state index contributed by atoms with van der Waals surface area (Å²) in [4.78, 5) is 24.3. The van der Waals surface area contributed by atoms with Crippen LogP contribution in [0.25, 0.3) is 0 Å². The smallest absolute Gasteiger partial charge is 0.310 e. The summed E-state index contributed by atoms with van der Waals surface area (Å²) < 4.78 is 10.1. The summed E-state index contributed by atoms with van der Waals surface area (Å²) in [6, 6.07) is 0. The third-order valence-corrected chi connectivity index (χ3v) is 3.04. The van der Waals surface area contributed by atoms with Gasteiger partial charge in [-0.15, -0.1) is 0 Å². The molecule has 1 saturated heterocycles. The van der Waals surface area contributed by atoms with Crippen LogP contribution in [0.1, 0.15) is 20.3 Å². The molecule has 1 unspecified atom stereocenters. The number of ether oxygens (including phenoxy) is 2. The minimum Gasteiger partial charge on any atom is -0.481 e. The molecule has 0 aromatic heterocycles. The molecule has 1 rings (SSSR count). The maximum absolute atomic E-state index is 11.2. The molecule has 0 amide bonds. The van der Waals surface area contributed by atoms with Crippen molar-refractivity contribution in [1.29, 1.82) is 0 Å². The van der Waals surface area contributed by atoms with Gasteiger partial charge in [0.1, 0.15) is 0 Å². The number of carboxylic acid groups (broad SMARTS) is 1. The van der Waals surface area contributed by atoms with Crippen LogP contribution in [0.3, 0.4) is 0 Å². The number of hydrogen-bond acceptors (Lipinski definition) is 5. The number of esters is 1. The van der Waals surface area contributed by atoms with E-state index in [1.165, 1.54) is 7.11 Å². The van der Waals surface area contributed by atoms with E-state index >= 15 is 0 Å². The first kappa shape index (κ1) is 14.9. The second-order valence-electron chi connectivity index (χ2n) is 5.20. The number of methoxy groups -OCH3 is 1. The molecule has 1 aliphatic heterocycles. The molecule has 0 saturated carbocycles. The van der Waals surface area contributed by atoms with Gasteiger partial charge in [-0.2, -0.15) is 0 Å². The number of carboxylic acids is 1. The highest BCUT2D eigenvalue weighted by Crippen LogP contribution is 2.19. The molecule has 1 atom stereocenters. The zero-order valence-corrected chi connectivity index (χ0v) is 11.1. The van der Waals surface area contributed by atoms with Gasteiger partial charge in [0.2, 0.25) is 0 Å². The van der Waals surface area contributed by atoms with Gasteiger partial charge in [0, 0.05) is 19.6 Å². The lowest BCUT2D eigenvalue weighted by molar-refractivity contribution is -0.151. The van der Waals surface area contributed by atoms with Gasteiger partial charge in [0.05, 0.1) is 31.7 Å². The van der Waals surface area contributed by atoms with Gasteiger partial charge in [-0.25, -0.2) is 0 Å². The fraction of sp³-hybridized carbons (Fsp3) is 0.833. The van der Waals surface area contributed by atoms with Crippen LogP contribution in [0.4, 0.5) is 0 Å². The number of carbonyl (C=O) groups excluding carboxylic acids is 1. The first-order valence-corrected chi connectivity index (χ1v) is 5.99. The maximum Gasteiger partial charge on any atom is 0.310 e. The first-order valence-electron chi connectivity index (χ1n) is 5.99. The largest absolute Gasteiger partial charge is 0.481 e. The van der Waals surface area contributed by atoms with E-state index in [1.807, 2.05) is 4.90 Å². The summed E-state index contributed by atoms with van der Waals surface area (Å²) in [7, 11) is 1.34. The number of rotatable bonds is 5. The number of hydrogen-bond donors (Lipinski definition) is 1. The van der Waals surface area contributed by atoms with Crippen molar-refractivity contribution in [1.82, 2.24) is 4.90 Å². The minimum atomic E-state index is -0.821. The molecule has 0 bridgehead atoms. The van der Waals surface area contributed by atoms with Crippen LogP contribution in [0.2, 0.25) is 0 Å². The van der Waals surface area contributed by atoms with Crippen molar-refractivity contribution in [2.75, 3.05) is 33.4 Å². The summed E-state index contributed by atoms with van der Waals surface area (Å²) in [6.45, 7) is 5.60. The van der Waals surface area contributed by atoms with E-state index in [-0.39, 0.29) is 18.5 Å². The molecule has 104 valence electrons. The van der Waals surface area contributed by atoms with Gasteiger partial charge < -0.3 is 14.6 Å². The van der Waals surface area contributed by atoms with Crippen molar-refractivity contribution in [3.63, 3.8) is 0 Å². The van der Waals surface area contributed by atoms with Crippen LogP contribution in [-0.4, -0.2) is 61.4 Å². The van der Waals surface area contributed by atoms with E-state index in [4.69, 9.17) is 9.84 Å². The zero-order chi connectivity index (χ0) is 13.8. The van der Waals surface area contributed by atoms with Crippen LogP contribution in [0, 0.1) is 5.41 Å². The van der Waals surface area contributed by atoms with Crippen LogP contribution >= 0.6 is 0 Å². The Morgan fingerprint density at radius 1 is 1.50 bits per heavy atom. The summed E-state index contributed by atoms with van der Waals surface area (Å²) in [5.74, 6) is -1.13. The maximum atomic E-state index is 11.2. The Balaban J connectivity index is 2.49. The molecular formula is C12H21NO5. The quantitative estimate of drug-likeness (QED) is 0.718. The Hall–Kier alpha value is -1.14. The summed E-state index contributed by atoms with van der Waals surface area (Å²) in [5.41, 5.74) is -0.798. The highest BCUT2D eigenvalue weighted by Gasteiger charge is 2.32. The van der Waals surface area contributed by atoms with Crippen LogP contribution < -0.4 is 0 Å². The van der Waals surface area contributed by atoms with Crippen molar-refractivity contribution in [3.05, 3.63) is 0 Å². The van der Waals surface area contributed by atoms with Crippen molar-refractivity contribution >= 4 is 11.9 Å². The second-order valence-corrected chi connectivity index (χ2v) is 5.20. The lowest BCUT2D eigenvalue weighted by Gasteiger charge is -2.36. The lowest BCUT2D eigenvalue weighted by Crippen LogP contribution is -2.48. The van der Waals surface area contributed by atoms with Gasteiger partial charge in [-0.1, -0.05) is 0 Å². The minimum absolute atomic E-state index is 0.209. The average Bonchev–Trinajstić information content (AvgIpc) is 2.28. The molecule has 0 aromatic rings. The standard InChI is InChI=1S/C12H21NO5/c1-12(2,11(15)16)8-13-4-5-18-9(7-13)6-10(14)17-3/h9H,4-8H2,1-3H3,(H,15,16). The Bertz CT molecular complexity index is 316. The third-order valence-electron chi connectivity index (χ3n) is 3.04. The van der Waals surface area contributed by atoms with Crippen molar-refractivity contribution in [3.8, 4) is 0 Å². The Kier molecular flexibility index (Phi) is 5.10. The van der Waals surface area contributed by atoms with E-state index < -0.39 is 11.4 Å². The second kappa shape index (κ2) is 6.15. The number of carbonyl (C=O) groups is 2. The molecule has 0 aliphatic carbocycles. The fourth-order valence-corrected chi connectivity index (χ4v) is 1.94. The molecule has 1 N–H and O–H groups in total. The molecule has 6 nitrogen and oxygen atoms in total. The van der Waals surface area contributed by atoms with Crippen molar-refractivity contribution in [2.45, 2.75) is 26.4 Å².